The Kier molecular flexibility index (Phi) is 6.21. The van der Waals surface area contributed by atoms with Crippen LogP contribution in [0.2, 0.25) is 10.0 Å². The molecule has 0 N–H and O–H groups in total. The van der Waals surface area contributed by atoms with E-state index in [4.69, 9.17) is 40.2 Å². The highest BCUT2D eigenvalue weighted by molar-refractivity contribution is 7.80. The van der Waals surface area contributed by atoms with E-state index in [0.717, 1.165) is 40.9 Å². The minimum Gasteiger partial charge on any atom is -0.488 e. The van der Waals surface area contributed by atoms with Crippen molar-refractivity contribution in [3.8, 4) is 5.75 Å². The van der Waals surface area contributed by atoms with Gasteiger partial charge >= 0.3 is 0 Å². The lowest BCUT2D eigenvalue weighted by molar-refractivity contribution is 0.281. The maximum absolute atomic E-state index is 6.08. The molecule has 2 nitrogen and oxygen atoms in total. The van der Waals surface area contributed by atoms with Crippen molar-refractivity contribution in [2.45, 2.75) is 26.4 Å². The van der Waals surface area contributed by atoms with Gasteiger partial charge in [0.05, 0.1) is 15.6 Å². The third-order valence-electron chi connectivity index (χ3n) is 4.57. The van der Waals surface area contributed by atoms with Crippen molar-refractivity contribution in [3.63, 3.8) is 0 Å². The number of piperidine rings is 1. The number of ether oxygens (including phenoxy) is 1. The highest BCUT2D eigenvalue weighted by atomic mass is 35.5. The number of halogens is 2. The van der Waals surface area contributed by atoms with Gasteiger partial charge in [-0.15, -0.1) is 0 Å². The summed E-state index contributed by atoms with van der Waals surface area (Å²) in [7, 11) is 0. The lowest BCUT2D eigenvalue weighted by atomic mass is 9.99. The second-order valence-corrected chi connectivity index (χ2v) is 7.71. The van der Waals surface area contributed by atoms with Gasteiger partial charge in [0.15, 0.2) is 0 Å². The topological polar surface area (TPSA) is 12.5 Å². The Morgan fingerprint density at radius 1 is 1.12 bits per heavy atom. The molecule has 1 saturated heterocycles. The summed E-state index contributed by atoms with van der Waals surface area (Å²) in [6.45, 7) is 4.75. The highest BCUT2D eigenvalue weighted by Gasteiger charge is 2.20. The maximum Gasteiger partial charge on any atom is 0.130 e. The Balaban J connectivity index is 1.72. The Morgan fingerprint density at radius 3 is 2.56 bits per heavy atom. The lowest BCUT2D eigenvalue weighted by Gasteiger charge is -2.32. The monoisotopic (exact) mass is 393 g/mol. The van der Waals surface area contributed by atoms with Gasteiger partial charge in [0.2, 0.25) is 0 Å². The molecule has 3 rings (SSSR count). The minimum absolute atomic E-state index is 0.424. The molecule has 1 heterocycles. The van der Waals surface area contributed by atoms with E-state index in [1.54, 1.807) is 6.07 Å². The molecule has 132 valence electrons. The summed E-state index contributed by atoms with van der Waals surface area (Å²) < 4.78 is 6.04. The van der Waals surface area contributed by atoms with E-state index < -0.39 is 0 Å². The summed E-state index contributed by atoms with van der Waals surface area (Å²) in [6, 6.07) is 13.5. The molecule has 0 aromatic heterocycles. The number of nitrogens with zero attached hydrogens (tertiary/aromatic N) is 1. The van der Waals surface area contributed by atoms with Crippen molar-refractivity contribution in [3.05, 3.63) is 63.6 Å². The molecule has 5 heteroatoms. The molecule has 0 amide bonds. The maximum atomic E-state index is 6.08. The van der Waals surface area contributed by atoms with Crippen LogP contribution in [0.4, 0.5) is 0 Å². The largest absolute Gasteiger partial charge is 0.488 e. The molecule has 1 aliphatic heterocycles. The van der Waals surface area contributed by atoms with Crippen molar-refractivity contribution in [2.75, 3.05) is 13.1 Å². The first-order chi connectivity index (χ1) is 12.0. The highest BCUT2D eigenvalue weighted by Crippen LogP contribution is 2.26. The number of hydrogen-bond acceptors (Lipinski definition) is 2. The first-order valence-corrected chi connectivity index (χ1v) is 9.66. The molecule has 0 unspecified atom stereocenters. The zero-order valence-corrected chi connectivity index (χ0v) is 16.5. The summed E-state index contributed by atoms with van der Waals surface area (Å²) in [5.41, 5.74) is 1.95. The first-order valence-electron chi connectivity index (χ1n) is 8.49. The standard InChI is InChI=1S/C20H21Cl2NOS/c1-14-8-10-23(11-9-14)20(25)16-4-2-3-5-19(16)24-13-15-6-7-17(21)18(22)12-15/h2-7,12,14H,8-11,13H2,1H3. The molecule has 0 atom stereocenters. The smallest absolute Gasteiger partial charge is 0.130 e. The number of rotatable bonds is 4. The second-order valence-electron chi connectivity index (χ2n) is 6.51. The molecule has 0 radical (unpaired) electrons. The van der Waals surface area contributed by atoms with Crippen LogP contribution in [0.3, 0.4) is 0 Å². The average Bonchev–Trinajstić information content (AvgIpc) is 2.63. The van der Waals surface area contributed by atoms with E-state index in [0.29, 0.717) is 16.7 Å². The Morgan fingerprint density at radius 2 is 1.84 bits per heavy atom. The zero-order valence-electron chi connectivity index (χ0n) is 14.2. The summed E-state index contributed by atoms with van der Waals surface area (Å²) in [5.74, 6) is 1.58. The molecule has 2 aromatic carbocycles. The molecule has 1 aliphatic rings. The van der Waals surface area contributed by atoms with Gasteiger partial charge in [-0.1, -0.05) is 60.5 Å². The van der Waals surface area contributed by atoms with Crippen LogP contribution in [0.5, 0.6) is 5.75 Å². The van der Waals surface area contributed by atoms with Gasteiger partial charge in [0.25, 0.3) is 0 Å². The first kappa shape index (κ1) is 18.5. The molecule has 0 bridgehead atoms. The predicted octanol–water partition coefficient (Wildman–Crippen LogP) is 5.98. The Labute approximate surface area is 164 Å². The fourth-order valence-corrected chi connectivity index (χ4v) is 3.61. The van der Waals surface area contributed by atoms with Gasteiger partial charge in [-0.25, -0.2) is 0 Å². The molecular weight excluding hydrogens is 373 g/mol. The van der Waals surface area contributed by atoms with E-state index in [9.17, 15) is 0 Å². The van der Waals surface area contributed by atoms with Crippen LogP contribution in [-0.4, -0.2) is 23.0 Å². The third-order valence-corrected chi connectivity index (χ3v) is 5.78. The van der Waals surface area contributed by atoms with Crippen LogP contribution in [0.1, 0.15) is 30.9 Å². The molecule has 25 heavy (non-hydrogen) atoms. The minimum atomic E-state index is 0.424. The lowest BCUT2D eigenvalue weighted by Crippen LogP contribution is -2.37. The number of para-hydroxylation sites is 1. The van der Waals surface area contributed by atoms with E-state index in [-0.39, 0.29) is 0 Å². The van der Waals surface area contributed by atoms with E-state index in [1.165, 1.54) is 12.8 Å². The van der Waals surface area contributed by atoms with Gasteiger partial charge in [-0.3, -0.25) is 0 Å². The third kappa shape index (κ3) is 4.66. The van der Waals surface area contributed by atoms with E-state index >= 15 is 0 Å². The second kappa shape index (κ2) is 8.39. The van der Waals surface area contributed by atoms with Gasteiger partial charge in [0, 0.05) is 13.1 Å². The Bertz CT molecular complexity index is 757. The fraction of sp³-hybridized carbons (Fsp3) is 0.350. The summed E-state index contributed by atoms with van der Waals surface area (Å²) in [6.07, 6.45) is 2.37. The molecule has 2 aromatic rings. The average molecular weight is 394 g/mol. The fourth-order valence-electron chi connectivity index (χ4n) is 2.94. The summed E-state index contributed by atoms with van der Waals surface area (Å²) in [4.78, 5) is 3.16. The van der Waals surface area contributed by atoms with E-state index in [1.807, 2.05) is 36.4 Å². The van der Waals surface area contributed by atoms with Crippen LogP contribution in [0.15, 0.2) is 42.5 Å². The normalized spacial score (nSPS) is 15.2. The van der Waals surface area contributed by atoms with Crippen molar-refractivity contribution in [1.29, 1.82) is 0 Å². The van der Waals surface area contributed by atoms with Crippen LogP contribution >= 0.6 is 35.4 Å². The van der Waals surface area contributed by atoms with Crippen LogP contribution in [-0.2, 0) is 6.61 Å². The molecule has 0 aliphatic carbocycles. The molecule has 1 fully saturated rings. The number of hydrogen-bond donors (Lipinski definition) is 0. The van der Waals surface area contributed by atoms with Crippen LogP contribution in [0.25, 0.3) is 0 Å². The van der Waals surface area contributed by atoms with Gasteiger partial charge in [-0.05, 0) is 48.6 Å². The molecule has 0 spiro atoms. The van der Waals surface area contributed by atoms with Crippen LogP contribution < -0.4 is 4.74 Å². The van der Waals surface area contributed by atoms with Crippen molar-refractivity contribution in [1.82, 2.24) is 4.90 Å². The number of benzene rings is 2. The number of likely N-dealkylation sites (tertiary alicyclic amines) is 1. The van der Waals surface area contributed by atoms with Crippen molar-refractivity contribution >= 4 is 40.4 Å². The quantitative estimate of drug-likeness (QED) is 0.592. The van der Waals surface area contributed by atoms with Crippen molar-refractivity contribution < 1.29 is 4.74 Å². The summed E-state index contributed by atoms with van der Waals surface area (Å²) in [5, 5.41) is 1.08. The predicted molar refractivity (Wildman–Crippen MR) is 109 cm³/mol. The van der Waals surface area contributed by atoms with E-state index in [2.05, 4.69) is 11.8 Å². The van der Waals surface area contributed by atoms with Gasteiger partial charge in [-0.2, -0.15) is 0 Å². The summed E-state index contributed by atoms with van der Waals surface area (Å²) >= 11 is 17.8. The van der Waals surface area contributed by atoms with Crippen molar-refractivity contribution in [2.24, 2.45) is 5.92 Å². The molecular formula is C20H21Cl2NOS. The van der Waals surface area contributed by atoms with Gasteiger partial charge < -0.3 is 9.64 Å². The van der Waals surface area contributed by atoms with Gasteiger partial charge in [0.1, 0.15) is 17.3 Å². The molecule has 0 saturated carbocycles. The van der Waals surface area contributed by atoms with Crippen LogP contribution in [0, 0.1) is 5.92 Å². The SMILES string of the molecule is CC1CCN(C(=S)c2ccccc2OCc2ccc(Cl)c(Cl)c2)CC1. The number of thiocarbonyl (C=S) groups is 1. The zero-order chi connectivity index (χ0) is 17.8. The Hall–Kier alpha value is -1.29.